The van der Waals surface area contributed by atoms with Gasteiger partial charge >= 0.3 is 0 Å². The second-order valence-electron chi connectivity index (χ2n) is 13.7. The van der Waals surface area contributed by atoms with Gasteiger partial charge in [0.2, 0.25) is 0 Å². The van der Waals surface area contributed by atoms with E-state index in [-0.39, 0.29) is 0 Å². The molecule has 0 radical (unpaired) electrons. The maximum absolute atomic E-state index is 2.45. The zero-order valence-electron chi connectivity index (χ0n) is 26.9. The highest BCUT2D eigenvalue weighted by Gasteiger charge is 2.22. The van der Waals surface area contributed by atoms with Crippen LogP contribution in [0, 0.1) is 0 Å². The minimum atomic E-state index is 1.18. The smallest absolute Gasteiger partial charge is 0.0547 e. The Morgan fingerprint density at radius 1 is 0.340 bits per heavy atom. The first-order valence-electron chi connectivity index (χ1n) is 17.3. The van der Waals surface area contributed by atoms with Gasteiger partial charge in [0.1, 0.15) is 0 Å². The lowest BCUT2D eigenvalue weighted by atomic mass is 9.93. The van der Waals surface area contributed by atoms with Crippen molar-refractivity contribution in [3.8, 4) is 39.1 Å². The van der Waals surface area contributed by atoms with Gasteiger partial charge in [-0.15, -0.1) is 11.3 Å². The van der Waals surface area contributed by atoms with Crippen LogP contribution in [0.3, 0.4) is 0 Å². The SMILES string of the molecule is c1ccc2c(c1)-c1cccc3c(-c4ccc5cc(-n6c7ccccc7c7cc8cc9sc%10ccccc%10c9cc8cc76)ccc5c4)ccc-2c13. The molecule has 0 atom stereocenters. The predicted molar refractivity (Wildman–Crippen MR) is 216 cm³/mol. The third-order valence-electron chi connectivity index (χ3n) is 11.1. The highest BCUT2D eigenvalue weighted by Crippen LogP contribution is 2.49. The van der Waals surface area contributed by atoms with Crippen LogP contribution in [0.5, 0.6) is 0 Å². The molecule has 1 nitrogen and oxygen atoms in total. The first kappa shape index (κ1) is 26.7. The van der Waals surface area contributed by atoms with Crippen LogP contribution in [0.1, 0.15) is 0 Å². The first-order chi connectivity index (χ1) is 24.8. The van der Waals surface area contributed by atoms with Crippen LogP contribution >= 0.6 is 11.3 Å². The molecule has 2 heteroatoms. The first-order valence-corrected chi connectivity index (χ1v) is 18.1. The van der Waals surface area contributed by atoms with Crippen LogP contribution in [0.25, 0.3) is 113 Å². The van der Waals surface area contributed by atoms with Crippen molar-refractivity contribution in [2.75, 3.05) is 0 Å². The van der Waals surface area contributed by atoms with E-state index >= 15 is 0 Å². The summed E-state index contributed by atoms with van der Waals surface area (Å²) in [6, 6.07) is 61.3. The molecule has 0 fully saturated rings. The number of rotatable bonds is 2. The van der Waals surface area contributed by atoms with E-state index in [1.165, 1.54) is 113 Å². The van der Waals surface area contributed by atoms with Crippen LogP contribution in [-0.4, -0.2) is 4.57 Å². The third-order valence-corrected chi connectivity index (χ3v) is 12.2. The van der Waals surface area contributed by atoms with Crippen molar-refractivity contribution in [2.45, 2.75) is 0 Å². The van der Waals surface area contributed by atoms with Crippen LogP contribution < -0.4 is 0 Å². The standard InChI is InChI=1S/C48H27NS/c1-2-9-36-35(8-1)40-13-7-12-39-34(20-21-41(36)48(39)40)30-17-16-29-23-33(19-18-28(29)22-30)49-44-14-5-3-10-37(44)42-24-32-27-47-43(25-31(32)26-45(42)49)38-11-4-6-15-46(38)50-47/h1-27H. The molecule has 0 saturated carbocycles. The Balaban J connectivity index is 1.03. The van der Waals surface area contributed by atoms with Gasteiger partial charge in [0, 0.05) is 36.6 Å². The topological polar surface area (TPSA) is 4.93 Å². The molecule has 1 aliphatic carbocycles. The molecule has 0 amide bonds. The molecule has 1 aliphatic rings. The van der Waals surface area contributed by atoms with Gasteiger partial charge < -0.3 is 4.57 Å². The fourth-order valence-corrected chi connectivity index (χ4v) is 9.95. The molecular formula is C48H27NS. The second-order valence-corrected chi connectivity index (χ2v) is 14.8. The van der Waals surface area contributed by atoms with Crippen molar-refractivity contribution in [3.63, 3.8) is 0 Å². The molecule has 0 saturated heterocycles. The van der Waals surface area contributed by atoms with E-state index in [4.69, 9.17) is 0 Å². The molecule has 11 aromatic rings. The predicted octanol–water partition coefficient (Wildman–Crippen LogP) is 13.9. The monoisotopic (exact) mass is 649 g/mol. The highest BCUT2D eigenvalue weighted by molar-refractivity contribution is 7.25. The fourth-order valence-electron chi connectivity index (χ4n) is 8.81. The Morgan fingerprint density at radius 2 is 1.02 bits per heavy atom. The van der Waals surface area contributed by atoms with E-state index in [0.29, 0.717) is 0 Å². The quantitative estimate of drug-likeness (QED) is 0.176. The van der Waals surface area contributed by atoms with Crippen LogP contribution in [0.4, 0.5) is 0 Å². The van der Waals surface area contributed by atoms with Crippen LogP contribution in [0.2, 0.25) is 0 Å². The molecular weight excluding hydrogens is 623 g/mol. The summed E-state index contributed by atoms with van der Waals surface area (Å²) >= 11 is 1.88. The van der Waals surface area contributed by atoms with Gasteiger partial charge in [-0.25, -0.2) is 0 Å². The minimum Gasteiger partial charge on any atom is -0.309 e. The van der Waals surface area contributed by atoms with Crippen molar-refractivity contribution >= 4 is 85.6 Å². The number of hydrogen-bond donors (Lipinski definition) is 0. The summed E-state index contributed by atoms with van der Waals surface area (Å²) in [7, 11) is 0. The fraction of sp³-hybridized carbons (Fsp3) is 0. The lowest BCUT2D eigenvalue weighted by Gasteiger charge is -2.12. The summed E-state index contributed by atoms with van der Waals surface area (Å²) in [4.78, 5) is 0. The van der Waals surface area contributed by atoms with Gasteiger partial charge in [-0.3, -0.25) is 0 Å². The van der Waals surface area contributed by atoms with Crippen molar-refractivity contribution in [1.82, 2.24) is 4.57 Å². The van der Waals surface area contributed by atoms with Gasteiger partial charge in [-0.05, 0) is 120 Å². The van der Waals surface area contributed by atoms with Gasteiger partial charge in [-0.2, -0.15) is 0 Å². The van der Waals surface area contributed by atoms with E-state index < -0.39 is 0 Å². The minimum absolute atomic E-state index is 1.18. The molecule has 9 aromatic carbocycles. The molecule has 0 aliphatic heterocycles. The van der Waals surface area contributed by atoms with Crippen LogP contribution in [-0.2, 0) is 0 Å². The number of hydrogen-bond acceptors (Lipinski definition) is 1. The van der Waals surface area contributed by atoms with E-state index in [9.17, 15) is 0 Å². The van der Waals surface area contributed by atoms with Gasteiger partial charge in [-0.1, -0.05) is 109 Å². The van der Waals surface area contributed by atoms with Gasteiger partial charge in [0.05, 0.1) is 11.0 Å². The second kappa shape index (κ2) is 9.69. The summed E-state index contributed by atoms with van der Waals surface area (Å²) in [5, 5.41) is 13.0. The zero-order valence-corrected chi connectivity index (χ0v) is 27.8. The molecule has 2 aromatic heterocycles. The lowest BCUT2D eigenvalue weighted by molar-refractivity contribution is 1.19. The highest BCUT2D eigenvalue weighted by atomic mass is 32.1. The average molecular weight is 650 g/mol. The molecule has 50 heavy (non-hydrogen) atoms. The third kappa shape index (κ3) is 3.56. The average Bonchev–Trinajstić information content (AvgIpc) is 3.81. The Morgan fingerprint density at radius 3 is 1.94 bits per heavy atom. The molecule has 0 bridgehead atoms. The molecule has 0 spiro atoms. The largest absolute Gasteiger partial charge is 0.309 e. The molecule has 0 unspecified atom stereocenters. The maximum atomic E-state index is 2.45. The molecule has 230 valence electrons. The number of para-hydroxylation sites is 1. The van der Waals surface area contributed by atoms with Crippen LogP contribution in [0.15, 0.2) is 164 Å². The van der Waals surface area contributed by atoms with Crippen molar-refractivity contribution in [1.29, 1.82) is 0 Å². The molecule has 0 N–H and O–H groups in total. The van der Waals surface area contributed by atoms with Gasteiger partial charge in [0.15, 0.2) is 0 Å². The summed E-state index contributed by atoms with van der Waals surface area (Å²) in [6.07, 6.45) is 0. The Labute approximate surface area is 291 Å². The van der Waals surface area contributed by atoms with E-state index in [0.717, 1.165) is 0 Å². The maximum Gasteiger partial charge on any atom is 0.0547 e. The zero-order chi connectivity index (χ0) is 32.5. The Bertz CT molecular complexity index is 3240. The summed E-state index contributed by atoms with van der Waals surface area (Å²) in [5.74, 6) is 0. The number of aromatic nitrogens is 1. The Hall–Kier alpha value is -6.22. The van der Waals surface area contributed by atoms with E-state index in [1.54, 1.807) is 0 Å². The summed E-state index contributed by atoms with van der Waals surface area (Å²) in [6.45, 7) is 0. The molecule has 2 heterocycles. The molecule has 12 rings (SSSR count). The van der Waals surface area contributed by atoms with Crippen molar-refractivity contribution in [2.24, 2.45) is 0 Å². The van der Waals surface area contributed by atoms with Gasteiger partial charge in [0.25, 0.3) is 0 Å². The summed E-state index contributed by atoms with van der Waals surface area (Å²) in [5.41, 5.74) is 11.5. The van der Waals surface area contributed by atoms with E-state index in [2.05, 4.69) is 168 Å². The van der Waals surface area contributed by atoms with Crippen molar-refractivity contribution in [3.05, 3.63) is 164 Å². The Kier molecular flexibility index (Phi) is 5.18. The van der Waals surface area contributed by atoms with Crippen molar-refractivity contribution < 1.29 is 0 Å². The number of nitrogens with zero attached hydrogens (tertiary/aromatic N) is 1. The summed E-state index contributed by atoms with van der Waals surface area (Å²) < 4.78 is 5.14. The normalized spacial score (nSPS) is 12.4. The number of benzene rings is 9. The number of fused-ring (bicyclic) bond motifs is 11. The van der Waals surface area contributed by atoms with E-state index in [1.807, 2.05) is 11.3 Å². The lowest BCUT2D eigenvalue weighted by Crippen LogP contribution is -1.94. The number of thiophene rings is 1.